The summed E-state index contributed by atoms with van der Waals surface area (Å²) in [6.45, 7) is 5.01. The highest BCUT2D eigenvalue weighted by molar-refractivity contribution is 9.10. The fourth-order valence-corrected chi connectivity index (χ4v) is 3.64. The van der Waals surface area contributed by atoms with Gasteiger partial charge in [-0.05, 0) is 62.5 Å². The first-order valence-corrected chi connectivity index (χ1v) is 8.79. The minimum Gasteiger partial charge on any atom is -0.355 e. The Morgan fingerprint density at radius 1 is 1.55 bits per heavy atom. The molecule has 1 aliphatic rings. The van der Waals surface area contributed by atoms with E-state index >= 15 is 0 Å². The molecule has 110 valence electrons. The molecule has 3 nitrogen and oxygen atoms in total. The molecule has 1 amide bonds. The standard InChI is InChI=1S/C15H21BrN2OS/c1-11-7-13(16)4-5-14(11)20-10-15(19)18-9-12-3-2-6-17-8-12/h4-5,7,12,17H,2-3,6,8-10H2,1H3,(H,18,19). The third-order valence-electron chi connectivity index (χ3n) is 3.48. The molecule has 1 heterocycles. The predicted molar refractivity (Wildman–Crippen MR) is 88.2 cm³/mol. The van der Waals surface area contributed by atoms with E-state index < -0.39 is 0 Å². The third-order valence-corrected chi connectivity index (χ3v) is 5.15. The normalized spacial score (nSPS) is 18.8. The predicted octanol–water partition coefficient (Wildman–Crippen LogP) is 2.97. The summed E-state index contributed by atoms with van der Waals surface area (Å²) in [7, 11) is 0. The van der Waals surface area contributed by atoms with Gasteiger partial charge in [-0.1, -0.05) is 15.9 Å². The topological polar surface area (TPSA) is 41.1 Å². The van der Waals surface area contributed by atoms with E-state index in [1.54, 1.807) is 11.8 Å². The van der Waals surface area contributed by atoms with Gasteiger partial charge in [0.2, 0.25) is 5.91 Å². The molecule has 0 radical (unpaired) electrons. The number of hydrogen-bond acceptors (Lipinski definition) is 3. The molecule has 2 rings (SSSR count). The van der Waals surface area contributed by atoms with Crippen LogP contribution in [0.4, 0.5) is 0 Å². The van der Waals surface area contributed by atoms with E-state index in [0.29, 0.717) is 11.7 Å². The molecule has 20 heavy (non-hydrogen) atoms. The molecule has 0 bridgehead atoms. The lowest BCUT2D eigenvalue weighted by atomic mass is 10.00. The number of hydrogen-bond donors (Lipinski definition) is 2. The summed E-state index contributed by atoms with van der Waals surface area (Å²) in [4.78, 5) is 13.0. The first-order valence-electron chi connectivity index (χ1n) is 7.01. The van der Waals surface area contributed by atoms with Crippen molar-refractivity contribution >= 4 is 33.6 Å². The summed E-state index contributed by atoms with van der Waals surface area (Å²) in [5.74, 6) is 1.21. The first-order chi connectivity index (χ1) is 9.65. The summed E-state index contributed by atoms with van der Waals surface area (Å²) in [6.07, 6.45) is 2.43. The van der Waals surface area contributed by atoms with Crippen molar-refractivity contribution in [2.45, 2.75) is 24.7 Å². The molecule has 1 aliphatic heterocycles. The number of rotatable bonds is 5. The highest BCUT2D eigenvalue weighted by atomic mass is 79.9. The lowest BCUT2D eigenvalue weighted by Crippen LogP contribution is -2.38. The Kier molecular flexibility index (Phi) is 6.39. The second kappa shape index (κ2) is 8.05. The molecule has 2 N–H and O–H groups in total. The van der Waals surface area contributed by atoms with Crippen LogP contribution in [-0.2, 0) is 4.79 Å². The maximum absolute atomic E-state index is 11.9. The summed E-state index contributed by atoms with van der Waals surface area (Å²) < 4.78 is 1.08. The SMILES string of the molecule is Cc1cc(Br)ccc1SCC(=O)NCC1CCCNC1. The van der Waals surface area contributed by atoms with E-state index in [9.17, 15) is 4.79 Å². The van der Waals surface area contributed by atoms with Crippen LogP contribution in [0.25, 0.3) is 0 Å². The van der Waals surface area contributed by atoms with Crippen LogP contribution in [0.5, 0.6) is 0 Å². The number of benzene rings is 1. The average Bonchev–Trinajstić information content (AvgIpc) is 2.45. The zero-order valence-corrected chi connectivity index (χ0v) is 14.1. The molecule has 1 fully saturated rings. The van der Waals surface area contributed by atoms with Gasteiger partial charge in [-0.2, -0.15) is 0 Å². The molecule has 1 unspecified atom stereocenters. The number of halogens is 1. The molecule has 0 aliphatic carbocycles. The maximum atomic E-state index is 11.9. The summed E-state index contributed by atoms with van der Waals surface area (Å²) in [5.41, 5.74) is 1.20. The number of thioether (sulfide) groups is 1. The van der Waals surface area contributed by atoms with Crippen LogP contribution >= 0.6 is 27.7 Å². The van der Waals surface area contributed by atoms with E-state index in [0.717, 1.165) is 24.1 Å². The summed E-state index contributed by atoms with van der Waals surface area (Å²) in [6, 6.07) is 6.15. The van der Waals surface area contributed by atoms with Crippen molar-refractivity contribution < 1.29 is 4.79 Å². The number of piperidine rings is 1. The van der Waals surface area contributed by atoms with Gasteiger partial charge in [0.1, 0.15) is 0 Å². The maximum Gasteiger partial charge on any atom is 0.230 e. The molecule has 0 aromatic heterocycles. The Bertz CT molecular complexity index is 461. The fraction of sp³-hybridized carbons (Fsp3) is 0.533. The van der Waals surface area contributed by atoms with Gasteiger partial charge in [-0.3, -0.25) is 4.79 Å². The summed E-state index contributed by atoms with van der Waals surface area (Å²) >= 11 is 5.05. The van der Waals surface area contributed by atoms with Crippen LogP contribution in [0.3, 0.4) is 0 Å². The van der Waals surface area contributed by atoms with E-state index in [4.69, 9.17) is 0 Å². The molecule has 1 aromatic carbocycles. The summed E-state index contributed by atoms with van der Waals surface area (Å²) in [5, 5.41) is 6.41. The van der Waals surface area contributed by atoms with Crippen molar-refractivity contribution in [3.05, 3.63) is 28.2 Å². The molecule has 1 atom stereocenters. The Hall–Kier alpha value is -0.520. The fourth-order valence-electron chi connectivity index (χ4n) is 2.33. The smallest absolute Gasteiger partial charge is 0.230 e. The van der Waals surface area contributed by atoms with Gasteiger partial charge in [0.15, 0.2) is 0 Å². The molecular formula is C15H21BrN2OS. The van der Waals surface area contributed by atoms with E-state index in [1.807, 2.05) is 6.07 Å². The lowest BCUT2D eigenvalue weighted by molar-refractivity contribution is -0.118. The second-order valence-electron chi connectivity index (χ2n) is 5.21. The van der Waals surface area contributed by atoms with Gasteiger partial charge < -0.3 is 10.6 Å². The van der Waals surface area contributed by atoms with E-state index in [1.165, 1.54) is 23.3 Å². The quantitative estimate of drug-likeness (QED) is 0.796. The minimum absolute atomic E-state index is 0.128. The molecule has 0 spiro atoms. The van der Waals surface area contributed by atoms with Crippen LogP contribution in [0.1, 0.15) is 18.4 Å². The Labute approximate surface area is 133 Å². The van der Waals surface area contributed by atoms with Crippen LogP contribution in [-0.4, -0.2) is 31.3 Å². The Balaban J connectivity index is 1.71. The highest BCUT2D eigenvalue weighted by Crippen LogP contribution is 2.25. The van der Waals surface area contributed by atoms with Crippen molar-refractivity contribution in [2.24, 2.45) is 5.92 Å². The molecular weight excluding hydrogens is 336 g/mol. The van der Waals surface area contributed by atoms with Crippen molar-refractivity contribution in [1.29, 1.82) is 0 Å². The van der Waals surface area contributed by atoms with Gasteiger partial charge in [0.25, 0.3) is 0 Å². The lowest BCUT2D eigenvalue weighted by Gasteiger charge is -2.22. The van der Waals surface area contributed by atoms with Gasteiger partial charge >= 0.3 is 0 Å². The molecule has 0 saturated carbocycles. The third kappa shape index (κ3) is 5.11. The highest BCUT2D eigenvalue weighted by Gasteiger charge is 2.14. The molecule has 5 heteroatoms. The number of nitrogens with one attached hydrogen (secondary N) is 2. The van der Waals surface area contributed by atoms with Gasteiger partial charge in [0.05, 0.1) is 5.75 Å². The number of amides is 1. The number of carbonyl (C=O) groups is 1. The van der Waals surface area contributed by atoms with Gasteiger partial charge in [-0.25, -0.2) is 0 Å². The first kappa shape index (κ1) is 15.9. The molecule has 1 saturated heterocycles. The van der Waals surface area contributed by atoms with Crippen LogP contribution < -0.4 is 10.6 Å². The van der Waals surface area contributed by atoms with Gasteiger partial charge in [-0.15, -0.1) is 11.8 Å². The van der Waals surface area contributed by atoms with Crippen LogP contribution in [0.15, 0.2) is 27.6 Å². The Morgan fingerprint density at radius 3 is 3.10 bits per heavy atom. The van der Waals surface area contributed by atoms with Crippen LogP contribution in [0, 0.1) is 12.8 Å². The zero-order chi connectivity index (χ0) is 14.4. The zero-order valence-electron chi connectivity index (χ0n) is 11.7. The van der Waals surface area contributed by atoms with Gasteiger partial charge in [0, 0.05) is 15.9 Å². The van der Waals surface area contributed by atoms with Crippen molar-refractivity contribution in [1.82, 2.24) is 10.6 Å². The molecule has 1 aromatic rings. The monoisotopic (exact) mass is 356 g/mol. The van der Waals surface area contributed by atoms with Crippen molar-refractivity contribution in [3.63, 3.8) is 0 Å². The van der Waals surface area contributed by atoms with E-state index in [2.05, 4.69) is 45.6 Å². The Morgan fingerprint density at radius 2 is 2.40 bits per heavy atom. The minimum atomic E-state index is 0.128. The average molecular weight is 357 g/mol. The van der Waals surface area contributed by atoms with E-state index in [-0.39, 0.29) is 5.91 Å². The number of aryl methyl sites for hydroxylation is 1. The van der Waals surface area contributed by atoms with Crippen molar-refractivity contribution in [2.75, 3.05) is 25.4 Å². The van der Waals surface area contributed by atoms with Crippen molar-refractivity contribution in [3.8, 4) is 0 Å². The van der Waals surface area contributed by atoms with Crippen LogP contribution in [0.2, 0.25) is 0 Å². The second-order valence-corrected chi connectivity index (χ2v) is 7.15. The largest absolute Gasteiger partial charge is 0.355 e. The number of carbonyl (C=O) groups excluding carboxylic acids is 1.